The lowest BCUT2D eigenvalue weighted by Crippen LogP contribution is -2.43. The highest BCUT2D eigenvalue weighted by atomic mass is 35.5. The van der Waals surface area contributed by atoms with Crippen LogP contribution in [-0.4, -0.2) is 36.1 Å². The van der Waals surface area contributed by atoms with Crippen molar-refractivity contribution in [3.63, 3.8) is 0 Å². The fourth-order valence-electron chi connectivity index (χ4n) is 0.864. The molecule has 0 aromatic carbocycles. The van der Waals surface area contributed by atoms with Crippen LogP contribution < -0.4 is 4.74 Å². The van der Waals surface area contributed by atoms with Crippen molar-refractivity contribution in [2.75, 3.05) is 20.7 Å². The van der Waals surface area contributed by atoms with E-state index < -0.39 is 0 Å². The Labute approximate surface area is 96.0 Å². The summed E-state index contributed by atoms with van der Waals surface area (Å²) in [5, 5.41) is 0.454. The number of pyridine rings is 1. The van der Waals surface area contributed by atoms with E-state index in [-0.39, 0.29) is 5.54 Å². The second kappa shape index (κ2) is 4.81. The Morgan fingerprint density at radius 1 is 1.47 bits per heavy atom. The zero-order chi connectivity index (χ0) is 11.5. The first-order valence-corrected chi connectivity index (χ1v) is 5.21. The van der Waals surface area contributed by atoms with Gasteiger partial charge in [0.15, 0.2) is 0 Å². The molecule has 0 radical (unpaired) electrons. The van der Waals surface area contributed by atoms with Crippen LogP contribution in [0.4, 0.5) is 0 Å². The van der Waals surface area contributed by atoms with E-state index >= 15 is 0 Å². The van der Waals surface area contributed by atoms with Crippen LogP contribution in [0.2, 0.25) is 5.15 Å². The predicted molar refractivity (Wildman–Crippen MR) is 62.5 cm³/mol. The van der Waals surface area contributed by atoms with Crippen molar-refractivity contribution < 1.29 is 4.74 Å². The standard InChI is InChI=1S/C11H17ClN2O/c1-11(2,14(3)4)8-15-9-5-6-13-10(12)7-9/h5-7H,8H2,1-4H3. The summed E-state index contributed by atoms with van der Waals surface area (Å²) >= 11 is 5.76. The lowest BCUT2D eigenvalue weighted by atomic mass is 10.1. The zero-order valence-corrected chi connectivity index (χ0v) is 10.4. The molecule has 0 aliphatic rings. The highest BCUT2D eigenvalue weighted by Gasteiger charge is 2.21. The lowest BCUT2D eigenvalue weighted by Gasteiger charge is -2.32. The van der Waals surface area contributed by atoms with Crippen LogP contribution in [0.25, 0.3) is 0 Å². The molecule has 0 atom stereocenters. The third kappa shape index (κ3) is 3.68. The third-order valence-corrected chi connectivity index (χ3v) is 2.71. The van der Waals surface area contributed by atoms with Crippen LogP contribution in [0.5, 0.6) is 5.75 Å². The number of halogens is 1. The van der Waals surface area contributed by atoms with Crippen LogP contribution in [0.3, 0.4) is 0 Å². The monoisotopic (exact) mass is 228 g/mol. The molecular formula is C11H17ClN2O. The van der Waals surface area contributed by atoms with Gasteiger partial charge in [-0.2, -0.15) is 0 Å². The molecule has 84 valence electrons. The second-order valence-corrected chi connectivity index (χ2v) is 4.70. The van der Waals surface area contributed by atoms with Crippen molar-refractivity contribution in [3.05, 3.63) is 23.5 Å². The minimum absolute atomic E-state index is 0.00422. The SMILES string of the molecule is CN(C)C(C)(C)COc1ccnc(Cl)c1. The molecule has 15 heavy (non-hydrogen) atoms. The molecular weight excluding hydrogens is 212 g/mol. The highest BCUT2D eigenvalue weighted by molar-refractivity contribution is 6.29. The van der Waals surface area contributed by atoms with Crippen molar-refractivity contribution in [2.24, 2.45) is 0 Å². The molecule has 0 amide bonds. The first-order valence-electron chi connectivity index (χ1n) is 4.83. The molecule has 1 aromatic heterocycles. The highest BCUT2D eigenvalue weighted by Crippen LogP contribution is 2.17. The number of likely N-dealkylation sites (N-methyl/N-ethyl adjacent to an activating group) is 1. The number of hydrogen-bond donors (Lipinski definition) is 0. The molecule has 1 aromatic rings. The van der Waals surface area contributed by atoms with E-state index in [0.29, 0.717) is 11.8 Å². The molecule has 0 spiro atoms. The Bertz CT molecular complexity index is 326. The predicted octanol–water partition coefficient (Wildman–Crippen LogP) is 2.45. The summed E-state index contributed by atoms with van der Waals surface area (Å²) < 4.78 is 5.65. The van der Waals surface area contributed by atoms with E-state index in [1.165, 1.54) is 0 Å². The number of ether oxygens (including phenoxy) is 1. The van der Waals surface area contributed by atoms with E-state index in [1.54, 1.807) is 18.3 Å². The van der Waals surface area contributed by atoms with Gasteiger partial charge in [0.25, 0.3) is 0 Å². The summed E-state index contributed by atoms with van der Waals surface area (Å²) in [5.41, 5.74) is -0.00422. The summed E-state index contributed by atoms with van der Waals surface area (Å²) in [6.07, 6.45) is 1.64. The Morgan fingerprint density at radius 2 is 2.13 bits per heavy atom. The minimum Gasteiger partial charge on any atom is -0.492 e. The Kier molecular flexibility index (Phi) is 3.94. The van der Waals surface area contributed by atoms with E-state index in [0.717, 1.165) is 5.75 Å². The fraction of sp³-hybridized carbons (Fsp3) is 0.545. The third-order valence-electron chi connectivity index (χ3n) is 2.50. The van der Waals surface area contributed by atoms with E-state index in [2.05, 4.69) is 23.7 Å². The van der Waals surface area contributed by atoms with Gasteiger partial charge in [0.2, 0.25) is 0 Å². The second-order valence-electron chi connectivity index (χ2n) is 4.31. The van der Waals surface area contributed by atoms with Gasteiger partial charge < -0.3 is 9.64 Å². The van der Waals surface area contributed by atoms with E-state index in [4.69, 9.17) is 16.3 Å². The molecule has 0 saturated carbocycles. The first kappa shape index (κ1) is 12.3. The van der Waals surface area contributed by atoms with Gasteiger partial charge >= 0.3 is 0 Å². The molecule has 0 N–H and O–H groups in total. The van der Waals surface area contributed by atoms with Crippen molar-refractivity contribution in [2.45, 2.75) is 19.4 Å². The number of rotatable bonds is 4. The van der Waals surface area contributed by atoms with Crippen LogP contribution in [-0.2, 0) is 0 Å². The topological polar surface area (TPSA) is 25.4 Å². The summed E-state index contributed by atoms with van der Waals surface area (Å²) in [7, 11) is 4.06. The van der Waals surface area contributed by atoms with Crippen molar-refractivity contribution >= 4 is 11.6 Å². The molecule has 4 heteroatoms. The van der Waals surface area contributed by atoms with Gasteiger partial charge in [-0.15, -0.1) is 0 Å². The number of hydrogen-bond acceptors (Lipinski definition) is 3. The van der Waals surface area contributed by atoms with Crippen molar-refractivity contribution in [1.82, 2.24) is 9.88 Å². The van der Waals surface area contributed by atoms with Crippen LogP contribution >= 0.6 is 11.6 Å². The number of aromatic nitrogens is 1. The molecule has 0 bridgehead atoms. The average molecular weight is 229 g/mol. The minimum atomic E-state index is -0.00422. The van der Waals surface area contributed by atoms with Gasteiger partial charge in [0.05, 0.1) is 0 Å². The molecule has 0 aliphatic carbocycles. The van der Waals surface area contributed by atoms with Crippen molar-refractivity contribution in [3.8, 4) is 5.75 Å². The molecule has 0 unspecified atom stereocenters. The van der Waals surface area contributed by atoms with Crippen molar-refractivity contribution in [1.29, 1.82) is 0 Å². The van der Waals surface area contributed by atoms with E-state index in [9.17, 15) is 0 Å². The maximum atomic E-state index is 5.76. The van der Waals surface area contributed by atoms with Gasteiger partial charge in [-0.1, -0.05) is 11.6 Å². The summed E-state index contributed by atoms with van der Waals surface area (Å²) in [6.45, 7) is 4.85. The molecule has 0 saturated heterocycles. The largest absolute Gasteiger partial charge is 0.492 e. The molecule has 1 rings (SSSR count). The maximum absolute atomic E-state index is 5.76. The number of nitrogens with zero attached hydrogens (tertiary/aromatic N) is 2. The lowest BCUT2D eigenvalue weighted by molar-refractivity contribution is 0.114. The van der Waals surface area contributed by atoms with Gasteiger partial charge in [0, 0.05) is 17.8 Å². The zero-order valence-electron chi connectivity index (χ0n) is 9.62. The smallest absolute Gasteiger partial charge is 0.132 e. The Balaban J connectivity index is 2.57. The molecule has 0 fully saturated rings. The summed E-state index contributed by atoms with van der Waals surface area (Å²) in [5.74, 6) is 0.755. The summed E-state index contributed by atoms with van der Waals surface area (Å²) in [6, 6.07) is 3.52. The molecule has 3 nitrogen and oxygen atoms in total. The Morgan fingerprint density at radius 3 is 2.67 bits per heavy atom. The normalized spacial score (nSPS) is 11.9. The van der Waals surface area contributed by atoms with Gasteiger partial charge in [-0.25, -0.2) is 4.98 Å². The quantitative estimate of drug-likeness (QED) is 0.741. The molecule has 0 aliphatic heterocycles. The summed E-state index contributed by atoms with van der Waals surface area (Å²) in [4.78, 5) is 6.02. The fourth-order valence-corrected chi connectivity index (χ4v) is 1.03. The van der Waals surface area contributed by atoms with E-state index in [1.807, 2.05) is 14.1 Å². The van der Waals surface area contributed by atoms with Gasteiger partial charge in [-0.3, -0.25) is 0 Å². The average Bonchev–Trinajstić information content (AvgIpc) is 2.15. The Hall–Kier alpha value is -0.800. The molecule has 1 heterocycles. The van der Waals surface area contributed by atoms with Gasteiger partial charge in [-0.05, 0) is 34.0 Å². The van der Waals surface area contributed by atoms with Crippen LogP contribution in [0.15, 0.2) is 18.3 Å². The first-order chi connectivity index (χ1) is 6.92. The van der Waals surface area contributed by atoms with Gasteiger partial charge in [0.1, 0.15) is 17.5 Å². The van der Waals surface area contributed by atoms with Crippen LogP contribution in [0.1, 0.15) is 13.8 Å². The maximum Gasteiger partial charge on any atom is 0.132 e. The van der Waals surface area contributed by atoms with Crippen LogP contribution in [0, 0.1) is 0 Å².